The number of thioether (sulfide) groups is 1. The molecule has 0 bridgehead atoms. The van der Waals surface area contributed by atoms with Crippen molar-refractivity contribution >= 4 is 40.2 Å². The SMILES string of the molecule is Cc1cccc(Cl)c1NC(=O)N=C1SCCN1C. The van der Waals surface area contributed by atoms with Gasteiger partial charge in [0.25, 0.3) is 0 Å². The maximum atomic E-state index is 11.8. The molecule has 1 aromatic rings. The number of rotatable bonds is 1. The first kappa shape index (κ1) is 13.2. The Balaban J connectivity index is 2.12. The summed E-state index contributed by atoms with van der Waals surface area (Å²) >= 11 is 7.62. The van der Waals surface area contributed by atoms with Gasteiger partial charge in [-0.1, -0.05) is 35.5 Å². The van der Waals surface area contributed by atoms with Crippen LogP contribution >= 0.6 is 23.4 Å². The fourth-order valence-electron chi connectivity index (χ4n) is 1.61. The van der Waals surface area contributed by atoms with Crippen LogP contribution in [0.25, 0.3) is 0 Å². The molecule has 4 nitrogen and oxygen atoms in total. The first-order valence-electron chi connectivity index (χ1n) is 5.56. The number of hydrogen-bond donors (Lipinski definition) is 1. The van der Waals surface area contributed by atoms with Crippen molar-refractivity contribution in [3.8, 4) is 0 Å². The summed E-state index contributed by atoms with van der Waals surface area (Å²) in [5, 5.41) is 4.00. The molecule has 1 heterocycles. The monoisotopic (exact) mass is 283 g/mol. The molecule has 0 unspecified atom stereocenters. The van der Waals surface area contributed by atoms with Gasteiger partial charge in [-0.2, -0.15) is 4.99 Å². The van der Waals surface area contributed by atoms with Gasteiger partial charge in [-0.15, -0.1) is 0 Å². The van der Waals surface area contributed by atoms with Crippen LogP contribution in [0.4, 0.5) is 10.5 Å². The minimum Gasteiger partial charge on any atom is -0.353 e. The highest BCUT2D eigenvalue weighted by Gasteiger charge is 2.17. The van der Waals surface area contributed by atoms with Crippen molar-refractivity contribution in [2.45, 2.75) is 6.92 Å². The number of urea groups is 1. The van der Waals surface area contributed by atoms with E-state index >= 15 is 0 Å². The molecule has 0 aliphatic carbocycles. The van der Waals surface area contributed by atoms with Crippen LogP contribution in [0.1, 0.15) is 5.56 Å². The van der Waals surface area contributed by atoms with Crippen LogP contribution in [0.5, 0.6) is 0 Å². The van der Waals surface area contributed by atoms with E-state index in [1.165, 1.54) is 0 Å². The third-order valence-corrected chi connectivity index (χ3v) is 4.00. The number of halogens is 1. The Bertz CT molecular complexity index is 484. The predicted molar refractivity (Wildman–Crippen MR) is 77.7 cm³/mol. The number of anilines is 1. The first-order chi connectivity index (χ1) is 8.58. The molecule has 0 radical (unpaired) electrons. The minimum absolute atomic E-state index is 0.387. The number of carbonyl (C=O) groups is 1. The first-order valence-corrected chi connectivity index (χ1v) is 6.93. The molecule has 2 rings (SSSR count). The van der Waals surface area contributed by atoms with Crippen LogP contribution in [-0.4, -0.2) is 35.4 Å². The number of aliphatic imine (C=N–C) groups is 1. The average Bonchev–Trinajstić information content (AvgIpc) is 2.70. The van der Waals surface area contributed by atoms with Crippen molar-refractivity contribution in [3.63, 3.8) is 0 Å². The van der Waals surface area contributed by atoms with Gasteiger partial charge >= 0.3 is 6.03 Å². The molecule has 1 aliphatic rings. The molecule has 1 aromatic carbocycles. The second kappa shape index (κ2) is 5.63. The fraction of sp³-hybridized carbons (Fsp3) is 0.333. The van der Waals surface area contributed by atoms with E-state index in [1.54, 1.807) is 17.8 Å². The fourth-order valence-corrected chi connectivity index (χ4v) is 2.89. The summed E-state index contributed by atoms with van der Waals surface area (Å²) in [5.41, 5.74) is 1.54. The number of nitrogens with zero attached hydrogens (tertiary/aromatic N) is 2. The lowest BCUT2D eigenvalue weighted by Gasteiger charge is -2.11. The topological polar surface area (TPSA) is 44.7 Å². The standard InChI is InChI=1S/C12H14ClN3OS/c1-8-4-3-5-9(13)10(8)14-11(17)15-12-16(2)6-7-18-12/h3-5H,6-7H2,1-2H3,(H,14,17). The van der Waals surface area contributed by atoms with Crippen molar-refractivity contribution in [2.75, 3.05) is 24.7 Å². The summed E-state index contributed by atoms with van der Waals surface area (Å²) in [6, 6.07) is 5.10. The largest absolute Gasteiger partial charge is 0.353 e. The van der Waals surface area contributed by atoms with Crippen molar-refractivity contribution in [1.29, 1.82) is 0 Å². The second-order valence-electron chi connectivity index (χ2n) is 4.03. The lowest BCUT2D eigenvalue weighted by atomic mass is 10.2. The molecule has 0 saturated carbocycles. The highest BCUT2D eigenvalue weighted by molar-refractivity contribution is 8.14. The number of nitrogens with one attached hydrogen (secondary N) is 1. The van der Waals surface area contributed by atoms with Gasteiger partial charge in [0, 0.05) is 19.3 Å². The van der Waals surface area contributed by atoms with Crippen LogP contribution in [0.15, 0.2) is 23.2 Å². The molecule has 18 heavy (non-hydrogen) atoms. The van der Waals surface area contributed by atoms with Crippen molar-refractivity contribution < 1.29 is 4.79 Å². The number of carbonyl (C=O) groups excluding carboxylic acids is 1. The van der Waals surface area contributed by atoms with E-state index < -0.39 is 0 Å². The second-order valence-corrected chi connectivity index (χ2v) is 5.50. The van der Waals surface area contributed by atoms with E-state index in [0.717, 1.165) is 23.0 Å². The lowest BCUT2D eigenvalue weighted by molar-refractivity contribution is 0.259. The van der Waals surface area contributed by atoms with Gasteiger partial charge in [0.2, 0.25) is 0 Å². The maximum Gasteiger partial charge on any atom is 0.347 e. The van der Waals surface area contributed by atoms with Gasteiger partial charge in [0.1, 0.15) is 0 Å². The molecule has 0 spiro atoms. The summed E-state index contributed by atoms with van der Waals surface area (Å²) in [4.78, 5) is 17.8. The number of benzene rings is 1. The normalized spacial score (nSPS) is 17.3. The maximum absolute atomic E-state index is 11.8. The Labute approximate surface area is 115 Å². The molecular weight excluding hydrogens is 270 g/mol. The number of amides is 2. The zero-order valence-electron chi connectivity index (χ0n) is 10.2. The van der Waals surface area contributed by atoms with E-state index in [4.69, 9.17) is 11.6 Å². The van der Waals surface area contributed by atoms with E-state index in [-0.39, 0.29) is 6.03 Å². The number of para-hydroxylation sites is 1. The molecule has 96 valence electrons. The Hall–Kier alpha value is -1.20. The summed E-state index contributed by atoms with van der Waals surface area (Å²) < 4.78 is 0. The van der Waals surface area contributed by atoms with Gasteiger partial charge in [0.05, 0.1) is 10.7 Å². The Morgan fingerprint density at radius 1 is 1.56 bits per heavy atom. The van der Waals surface area contributed by atoms with Crippen LogP contribution in [-0.2, 0) is 0 Å². The van der Waals surface area contributed by atoms with E-state index in [9.17, 15) is 4.79 Å². The average molecular weight is 284 g/mol. The molecule has 1 N–H and O–H groups in total. The molecule has 0 aromatic heterocycles. The smallest absolute Gasteiger partial charge is 0.347 e. The van der Waals surface area contributed by atoms with E-state index in [0.29, 0.717) is 10.7 Å². The number of hydrogen-bond acceptors (Lipinski definition) is 2. The summed E-state index contributed by atoms with van der Waals surface area (Å²) in [6.07, 6.45) is 0. The van der Waals surface area contributed by atoms with Gasteiger partial charge in [-0.05, 0) is 18.6 Å². The number of amidine groups is 1. The van der Waals surface area contributed by atoms with Crippen LogP contribution in [0, 0.1) is 6.92 Å². The molecule has 1 saturated heterocycles. The third-order valence-electron chi connectivity index (χ3n) is 2.64. The van der Waals surface area contributed by atoms with Crippen molar-refractivity contribution in [2.24, 2.45) is 4.99 Å². The molecule has 1 aliphatic heterocycles. The summed E-state index contributed by atoms with van der Waals surface area (Å²) in [7, 11) is 1.92. The van der Waals surface area contributed by atoms with Crippen molar-refractivity contribution in [1.82, 2.24) is 4.90 Å². The van der Waals surface area contributed by atoms with Gasteiger partial charge in [-0.3, -0.25) is 0 Å². The van der Waals surface area contributed by atoms with Crippen LogP contribution in [0.2, 0.25) is 5.02 Å². The van der Waals surface area contributed by atoms with Gasteiger partial charge < -0.3 is 10.2 Å². The molecule has 0 atom stereocenters. The van der Waals surface area contributed by atoms with Crippen LogP contribution in [0.3, 0.4) is 0 Å². The summed E-state index contributed by atoms with van der Waals surface area (Å²) in [6.45, 7) is 2.81. The Kier molecular flexibility index (Phi) is 4.14. The quantitative estimate of drug-likeness (QED) is 0.861. The molecule has 1 fully saturated rings. The highest BCUT2D eigenvalue weighted by Crippen LogP contribution is 2.25. The van der Waals surface area contributed by atoms with Gasteiger partial charge in [0.15, 0.2) is 5.17 Å². The van der Waals surface area contributed by atoms with Crippen LogP contribution < -0.4 is 5.32 Å². The molecule has 2 amide bonds. The van der Waals surface area contributed by atoms with E-state index in [1.807, 2.05) is 31.0 Å². The number of aryl methyl sites for hydroxylation is 1. The molecule has 6 heteroatoms. The highest BCUT2D eigenvalue weighted by atomic mass is 35.5. The summed E-state index contributed by atoms with van der Waals surface area (Å²) in [5.74, 6) is 0.966. The minimum atomic E-state index is -0.387. The van der Waals surface area contributed by atoms with E-state index in [2.05, 4.69) is 10.3 Å². The van der Waals surface area contributed by atoms with Crippen molar-refractivity contribution in [3.05, 3.63) is 28.8 Å². The Morgan fingerprint density at radius 3 is 2.94 bits per heavy atom. The third kappa shape index (κ3) is 2.97. The Morgan fingerprint density at radius 2 is 2.33 bits per heavy atom. The molecular formula is C12H14ClN3OS. The lowest BCUT2D eigenvalue weighted by Crippen LogP contribution is -2.21. The zero-order valence-corrected chi connectivity index (χ0v) is 11.8. The van der Waals surface area contributed by atoms with Gasteiger partial charge in [-0.25, -0.2) is 4.79 Å². The zero-order chi connectivity index (χ0) is 13.1. The predicted octanol–water partition coefficient (Wildman–Crippen LogP) is 3.21.